The Balaban J connectivity index is 2.48. The van der Waals surface area contributed by atoms with E-state index in [2.05, 4.69) is 31.3 Å². The van der Waals surface area contributed by atoms with Gasteiger partial charge in [0.05, 0.1) is 0 Å². The summed E-state index contributed by atoms with van der Waals surface area (Å²) in [7, 11) is 0. The van der Waals surface area contributed by atoms with Crippen LogP contribution in [0.2, 0.25) is 0 Å². The molecule has 0 radical (unpaired) electrons. The summed E-state index contributed by atoms with van der Waals surface area (Å²) < 4.78 is 0. The zero-order valence-electron chi connectivity index (χ0n) is 12.6. The molecule has 1 rings (SSSR count). The first kappa shape index (κ1) is 16.4. The van der Waals surface area contributed by atoms with Crippen LogP contribution in [0.4, 0.5) is 0 Å². The zero-order valence-corrected chi connectivity index (χ0v) is 12.6. The van der Waals surface area contributed by atoms with Crippen LogP contribution >= 0.6 is 0 Å². The second-order valence-electron chi connectivity index (χ2n) is 5.16. The summed E-state index contributed by atoms with van der Waals surface area (Å²) in [6.07, 6.45) is 6.54. The molecule has 0 spiro atoms. The lowest BCUT2D eigenvalue weighted by molar-refractivity contribution is 0.0919. The molecule has 3 nitrogen and oxygen atoms in total. The van der Waals surface area contributed by atoms with Crippen molar-refractivity contribution < 1.29 is 4.79 Å². The van der Waals surface area contributed by atoms with Crippen molar-refractivity contribution in [3.8, 4) is 0 Å². The summed E-state index contributed by atoms with van der Waals surface area (Å²) in [5, 5.41) is 0. The van der Waals surface area contributed by atoms with E-state index in [1.807, 2.05) is 24.3 Å². The number of rotatable bonds is 9. The van der Waals surface area contributed by atoms with Gasteiger partial charge in [-0.1, -0.05) is 57.4 Å². The molecule has 2 N–H and O–H groups in total. The Bertz CT molecular complexity index is 403. The molecular weight excluding hydrogens is 248 g/mol. The second-order valence-corrected chi connectivity index (χ2v) is 5.16. The highest BCUT2D eigenvalue weighted by molar-refractivity contribution is 5.93. The van der Waals surface area contributed by atoms with Gasteiger partial charge in [-0.25, -0.2) is 5.43 Å². The monoisotopic (exact) mass is 274 g/mol. The molecule has 0 fully saturated rings. The molecule has 0 bridgehead atoms. The largest absolute Gasteiger partial charge is 0.287 e. The number of hydrogen-bond donors (Lipinski definition) is 2. The Labute approximate surface area is 122 Å². The number of carbonyl (C=O) groups is 1. The molecule has 3 heteroatoms. The average molecular weight is 274 g/mol. The minimum Gasteiger partial charge on any atom is -0.287 e. The summed E-state index contributed by atoms with van der Waals surface area (Å²) >= 11 is 0. The summed E-state index contributed by atoms with van der Waals surface area (Å²) in [6.45, 7) is 8.15. The van der Waals surface area contributed by atoms with Gasteiger partial charge < -0.3 is 0 Å². The third kappa shape index (κ3) is 5.57. The average Bonchev–Trinajstić information content (AvgIpc) is 2.50. The third-order valence-corrected chi connectivity index (χ3v) is 3.53. The van der Waals surface area contributed by atoms with Crippen LogP contribution in [-0.4, -0.2) is 11.9 Å². The molecule has 1 aromatic carbocycles. The Kier molecular flexibility index (Phi) is 7.66. The van der Waals surface area contributed by atoms with E-state index in [0.29, 0.717) is 11.5 Å². The van der Waals surface area contributed by atoms with Gasteiger partial charge in [0, 0.05) is 11.6 Å². The van der Waals surface area contributed by atoms with Crippen molar-refractivity contribution in [2.45, 2.75) is 45.6 Å². The maximum Gasteiger partial charge on any atom is 0.265 e. The van der Waals surface area contributed by atoms with Crippen molar-refractivity contribution in [2.24, 2.45) is 5.92 Å². The van der Waals surface area contributed by atoms with Crippen LogP contribution in [-0.2, 0) is 0 Å². The van der Waals surface area contributed by atoms with E-state index in [1.54, 1.807) is 12.1 Å². The number of hydrogen-bond acceptors (Lipinski definition) is 2. The maximum absolute atomic E-state index is 12.0. The van der Waals surface area contributed by atoms with Crippen LogP contribution in [0.3, 0.4) is 0 Å². The van der Waals surface area contributed by atoms with E-state index < -0.39 is 0 Å². The summed E-state index contributed by atoms with van der Waals surface area (Å²) in [4.78, 5) is 12.0. The fourth-order valence-corrected chi connectivity index (χ4v) is 2.06. The standard InChI is InChI=1S/C17H26N2O/c1-4-6-8-13-16(14(3)5-2)18-19-17(20)15-11-9-7-10-12-15/h5,7,9-12,14,16,18H,2,4,6,8,13H2,1,3H3,(H,19,20)/t14-,16-/m0/s1. The zero-order chi connectivity index (χ0) is 14.8. The van der Waals surface area contributed by atoms with E-state index in [9.17, 15) is 4.79 Å². The van der Waals surface area contributed by atoms with Gasteiger partial charge in [-0.2, -0.15) is 0 Å². The number of unbranched alkanes of at least 4 members (excludes halogenated alkanes) is 2. The lowest BCUT2D eigenvalue weighted by Gasteiger charge is -2.23. The quantitative estimate of drug-likeness (QED) is 0.409. The van der Waals surface area contributed by atoms with Crippen LogP contribution in [0.5, 0.6) is 0 Å². The van der Waals surface area contributed by atoms with Gasteiger partial charge in [0.2, 0.25) is 0 Å². The molecule has 2 atom stereocenters. The Morgan fingerprint density at radius 2 is 2.00 bits per heavy atom. The molecule has 110 valence electrons. The van der Waals surface area contributed by atoms with Gasteiger partial charge in [-0.15, -0.1) is 6.58 Å². The SMILES string of the molecule is C=C[C@H](C)[C@H](CCCCC)NNC(=O)c1ccccc1. The summed E-state index contributed by atoms with van der Waals surface area (Å²) in [5.41, 5.74) is 6.63. The minimum absolute atomic E-state index is 0.0950. The molecule has 1 aromatic rings. The smallest absolute Gasteiger partial charge is 0.265 e. The molecule has 0 aliphatic heterocycles. The van der Waals surface area contributed by atoms with Crippen LogP contribution in [0.25, 0.3) is 0 Å². The Morgan fingerprint density at radius 3 is 2.60 bits per heavy atom. The van der Waals surface area contributed by atoms with Gasteiger partial charge in [0.25, 0.3) is 5.91 Å². The Hall–Kier alpha value is -1.61. The fraction of sp³-hybridized carbons (Fsp3) is 0.471. The molecule has 0 saturated heterocycles. The molecule has 20 heavy (non-hydrogen) atoms. The van der Waals surface area contributed by atoms with Crippen molar-refractivity contribution in [1.82, 2.24) is 10.9 Å². The van der Waals surface area contributed by atoms with Gasteiger partial charge in [-0.3, -0.25) is 10.2 Å². The predicted molar refractivity (Wildman–Crippen MR) is 84.3 cm³/mol. The van der Waals surface area contributed by atoms with Crippen molar-refractivity contribution in [3.05, 3.63) is 48.6 Å². The van der Waals surface area contributed by atoms with E-state index in [0.717, 1.165) is 12.8 Å². The highest BCUT2D eigenvalue weighted by Crippen LogP contribution is 2.12. The van der Waals surface area contributed by atoms with E-state index in [-0.39, 0.29) is 11.9 Å². The third-order valence-electron chi connectivity index (χ3n) is 3.53. The van der Waals surface area contributed by atoms with E-state index in [4.69, 9.17) is 0 Å². The normalized spacial score (nSPS) is 13.5. The molecular formula is C17H26N2O. The first-order valence-electron chi connectivity index (χ1n) is 7.42. The number of amides is 1. The fourth-order valence-electron chi connectivity index (χ4n) is 2.06. The van der Waals surface area contributed by atoms with Gasteiger partial charge >= 0.3 is 0 Å². The predicted octanol–water partition coefficient (Wildman–Crippen LogP) is 3.69. The minimum atomic E-state index is -0.0950. The molecule has 1 amide bonds. The van der Waals surface area contributed by atoms with Crippen molar-refractivity contribution in [3.63, 3.8) is 0 Å². The maximum atomic E-state index is 12.0. The lowest BCUT2D eigenvalue weighted by atomic mass is 9.97. The van der Waals surface area contributed by atoms with Crippen molar-refractivity contribution >= 4 is 5.91 Å². The second kappa shape index (κ2) is 9.32. The van der Waals surface area contributed by atoms with Crippen LogP contribution in [0, 0.1) is 5.92 Å². The molecule has 0 aliphatic carbocycles. The number of carbonyl (C=O) groups excluding carboxylic acids is 1. The van der Waals surface area contributed by atoms with Crippen LogP contribution in [0.1, 0.15) is 49.9 Å². The van der Waals surface area contributed by atoms with Crippen molar-refractivity contribution in [2.75, 3.05) is 0 Å². The van der Waals surface area contributed by atoms with Crippen LogP contribution < -0.4 is 10.9 Å². The molecule has 0 saturated carbocycles. The molecule has 0 unspecified atom stereocenters. The van der Waals surface area contributed by atoms with E-state index in [1.165, 1.54) is 12.8 Å². The number of benzene rings is 1. The van der Waals surface area contributed by atoms with E-state index >= 15 is 0 Å². The topological polar surface area (TPSA) is 41.1 Å². The highest BCUT2D eigenvalue weighted by Gasteiger charge is 2.15. The van der Waals surface area contributed by atoms with Crippen molar-refractivity contribution in [1.29, 1.82) is 0 Å². The molecule has 0 heterocycles. The summed E-state index contributed by atoms with van der Waals surface area (Å²) in [6, 6.07) is 9.46. The highest BCUT2D eigenvalue weighted by atomic mass is 16.2. The summed E-state index contributed by atoms with van der Waals surface area (Å²) in [5.74, 6) is 0.227. The van der Waals surface area contributed by atoms with Gasteiger partial charge in [-0.05, 0) is 24.5 Å². The van der Waals surface area contributed by atoms with Gasteiger partial charge in [0.1, 0.15) is 0 Å². The first-order chi connectivity index (χ1) is 9.69. The van der Waals surface area contributed by atoms with Gasteiger partial charge in [0.15, 0.2) is 0 Å². The first-order valence-corrected chi connectivity index (χ1v) is 7.42. The lowest BCUT2D eigenvalue weighted by Crippen LogP contribution is -2.46. The molecule has 0 aliphatic rings. The number of hydrazine groups is 1. The number of nitrogens with one attached hydrogen (secondary N) is 2. The Morgan fingerprint density at radius 1 is 1.30 bits per heavy atom. The van der Waals surface area contributed by atoms with Crippen LogP contribution in [0.15, 0.2) is 43.0 Å². The molecule has 0 aromatic heterocycles.